The van der Waals surface area contributed by atoms with Crippen molar-refractivity contribution in [3.8, 4) is 0 Å². The van der Waals surface area contributed by atoms with Crippen molar-refractivity contribution < 1.29 is 0 Å². The van der Waals surface area contributed by atoms with Crippen LogP contribution in [-0.2, 0) is 6.42 Å². The molecular weight excluding hydrogens is 336 g/mol. The van der Waals surface area contributed by atoms with Crippen LogP contribution in [0.25, 0.3) is 18.2 Å². The van der Waals surface area contributed by atoms with E-state index in [4.69, 9.17) is 0 Å². The second-order valence-corrected chi connectivity index (χ2v) is 7.94. The summed E-state index contributed by atoms with van der Waals surface area (Å²) in [6.45, 7) is 6.74. The topological polar surface area (TPSA) is 0 Å². The molecule has 2 unspecified atom stereocenters. The molecule has 0 nitrogen and oxygen atoms in total. The summed E-state index contributed by atoms with van der Waals surface area (Å²) < 4.78 is 0. The van der Waals surface area contributed by atoms with Gasteiger partial charge < -0.3 is 0 Å². The Morgan fingerprint density at radius 1 is 1.07 bits per heavy atom. The number of rotatable bonds is 4. The van der Waals surface area contributed by atoms with Crippen LogP contribution in [0, 0.1) is 18.3 Å². The molecule has 0 bridgehead atoms. The highest BCUT2D eigenvalue weighted by Gasteiger charge is 2.18. The Balaban J connectivity index is 0.000000167. The third kappa shape index (κ3) is 5.29. The number of fused-ring (bicyclic) bond motifs is 2. The van der Waals surface area contributed by atoms with E-state index < -0.39 is 0 Å². The van der Waals surface area contributed by atoms with Gasteiger partial charge in [0.25, 0.3) is 0 Å². The van der Waals surface area contributed by atoms with Crippen molar-refractivity contribution in [2.45, 2.75) is 46.5 Å². The van der Waals surface area contributed by atoms with Gasteiger partial charge in [-0.25, -0.2) is 0 Å². The maximum Gasteiger partial charge on any atom is 0.0921 e. The van der Waals surface area contributed by atoms with Crippen LogP contribution in [-0.4, -0.2) is 0 Å². The molecule has 0 saturated carbocycles. The Morgan fingerprint density at radius 2 is 1.82 bits per heavy atom. The maximum atomic E-state index is 2.42. The molecule has 0 aliphatic heterocycles. The molecule has 0 radical (unpaired) electrons. The average Bonchev–Trinajstić information content (AvgIpc) is 2.77. The molecule has 2 aromatic carbocycles. The summed E-state index contributed by atoms with van der Waals surface area (Å²) in [5.74, 6) is 1.58. The monoisotopic (exact) mass is 369 g/mol. The number of benzene rings is 2. The number of hydrogen-bond donors (Lipinski definition) is 0. The first kappa shape index (κ1) is 20.3. The van der Waals surface area contributed by atoms with Gasteiger partial charge in [0.15, 0.2) is 0 Å². The van der Waals surface area contributed by atoms with Gasteiger partial charge >= 0.3 is 0 Å². The molecule has 28 heavy (non-hydrogen) atoms. The normalized spacial score (nSPS) is 19.1. The Bertz CT molecular complexity index is 942. The summed E-state index contributed by atoms with van der Waals surface area (Å²) in [6, 6.07) is 17.2. The number of allylic oxidation sites excluding steroid dienone is 3. The predicted molar refractivity (Wildman–Crippen MR) is 124 cm³/mol. The summed E-state index contributed by atoms with van der Waals surface area (Å²) in [5, 5.41) is 2.62. The number of unbranched alkanes of at least 4 members (excludes halogenated alkanes) is 1. The molecule has 0 spiro atoms. The molecule has 0 amide bonds. The van der Waals surface area contributed by atoms with Gasteiger partial charge in [-0.1, -0.05) is 81.7 Å². The van der Waals surface area contributed by atoms with Crippen LogP contribution in [0.4, 0.5) is 0 Å². The van der Waals surface area contributed by atoms with Crippen molar-refractivity contribution in [1.29, 1.82) is 0 Å². The Morgan fingerprint density at radius 3 is 2.61 bits per heavy atom. The van der Waals surface area contributed by atoms with E-state index in [-0.39, 0.29) is 0 Å². The van der Waals surface area contributed by atoms with Crippen LogP contribution in [0.15, 0.2) is 66.3 Å². The van der Waals surface area contributed by atoms with E-state index in [9.17, 15) is 0 Å². The minimum absolute atomic E-state index is 0.751. The highest BCUT2D eigenvalue weighted by molar-refractivity contribution is 5.63. The van der Waals surface area contributed by atoms with Crippen LogP contribution in [0.1, 0.15) is 51.2 Å². The minimum Gasteiger partial charge on any atom is -0.0802 e. The molecule has 0 aromatic heterocycles. The fourth-order valence-electron chi connectivity index (χ4n) is 3.95. The second-order valence-electron chi connectivity index (χ2n) is 7.94. The molecule has 0 heteroatoms. The summed E-state index contributed by atoms with van der Waals surface area (Å²) >= 11 is 0. The van der Waals surface area contributed by atoms with Gasteiger partial charge in [-0.2, -0.15) is 0 Å². The van der Waals surface area contributed by atoms with Gasteiger partial charge in [0.05, 0.1) is 16.0 Å². The van der Waals surface area contributed by atoms with Crippen LogP contribution in [0.3, 0.4) is 0 Å². The van der Waals surface area contributed by atoms with Crippen molar-refractivity contribution in [2.24, 2.45) is 11.8 Å². The quantitative estimate of drug-likeness (QED) is 0.570. The fraction of sp³-hybridized carbons (Fsp3) is 0.321. The minimum atomic E-state index is 0.751. The van der Waals surface area contributed by atoms with E-state index in [1.54, 1.807) is 0 Å². The van der Waals surface area contributed by atoms with Gasteiger partial charge in [0.2, 0.25) is 0 Å². The Kier molecular flexibility index (Phi) is 7.37. The first-order valence-electron chi connectivity index (χ1n) is 10.8. The zero-order valence-electron chi connectivity index (χ0n) is 17.6. The first-order chi connectivity index (χ1) is 13.7. The van der Waals surface area contributed by atoms with Gasteiger partial charge in [0, 0.05) is 18.6 Å². The van der Waals surface area contributed by atoms with Gasteiger partial charge in [-0.05, 0) is 54.5 Å². The van der Waals surface area contributed by atoms with Crippen molar-refractivity contribution in [2.75, 3.05) is 0 Å². The van der Waals surface area contributed by atoms with Crippen LogP contribution >= 0.6 is 0 Å². The zero-order valence-corrected chi connectivity index (χ0v) is 17.6. The van der Waals surface area contributed by atoms with Crippen molar-refractivity contribution in [3.63, 3.8) is 0 Å². The Labute approximate surface area is 171 Å². The molecule has 144 valence electrons. The van der Waals surface area contributed by atoms with E-state index in [2.05, 4.69) is 106 Å². The van der Waals surface area contributed by atoms with Crippen molar-refractivity contribution >= 4 is 18.2 Å². The molecule has 2 aliphatic carbocycles. The molecule has 2 aromatic rings. The smallest absolute Gasteiger partial charge is 0.0802 e. The first-order valence-corrected chi connectivity index (χ1v) is 10.8. The Hall–Kier alpha value is -2.47. The molecule has 4 rings (SSSR count). The maximum absolute atomic E-state index is 2.42. The lowest BCUT2D eigenvalue weighted by Crippen LogP contribution is -2.26. The summed E-state index contributed by atoms with van der Waals surface area (Å²) in [6.07, 6.45) is 18.6. The lowest BCUT2D eigenvalue weighted by Gasteiger charge is -2.25. The van der Waals surface area contributed by atoms with E-state index in [0.717, 1.165) is 11.8 Å². The summed E-state index contributed by atoms with van der Waals surface area (Å²) in [4.78, 5) is 0. The SMILES string of the molecule is C/C=C1/C=c2ccccc2=C[CH+]1.CCCCC(C)C1C=Cc2ccccc2C1. The third-order valence-corrected chi connectivity index (χ3v) is 5.88. The van der Waals surface area contributed by atoms with Crippen LogP contribution < -0.4 is 10.4 Å². The largest absolute Gasteiger partial charge is 0.0921 e. The lowest BCUT2D eigenvalue weighted by molar-refractivity contribution is 0.386. The predicted octanol–water partition coefficient (Wildman–Crippen LogP) is 6.11. The van der Waals surface area contributed by atoms with Crippen LogP contribution in [0.2, 0.25) is 0 Å². The van der Waals surface area contributed by atoms with E-state index in [1.165, 1.54) is 52.8 Å². The molecule has 0 N–H and O–H groups in total. The highest BCUT2D eigenvalue weighted by atomic mass is 14.2. The lowest BCUT2D eigenvalue weighted by atomic mass is 9.80. The molecule has 2 atom stereocenters. The van der Waals surface area contributed by atoms with Gasteiger partial charge in [-0.15, -0.1) is 0 Å². The van der Waals surface area contributed by atoms with E-state index in [0.29, 0.717) is 0 Å². The van der Waals surface area contributed by atoms with Gasteiger partial charge in [-0.3, -0.25) is 0 Å². The molecule has 0 saturated heterocycles. The average molecular weight is 370 g/mol. The third-order valence-electron chi connectivity index (χ3n) is 5.88. The zero-order chi connectivity index (χ0) is 19.8. The van der Waals surface area contributed by atoms with E-state index >= 15 is 0 Å². The number of hydrogen-bond acceptors (Lipinski definition) is 0. The van der Waals surface area contributed by atoms with Crippen LogP contribution in [0.5, 0.6) is 0 Å². The second kappa shape index (κ2) is 10.2. The summed E-state index contributed by atoms with van der Waals surface area (Å²) in [7, 11) is 0. The molecule has 0 heterocycles. The molecule has 2 aliphatic rings. The molecular formula is C28H33+. The summed E-state index contributed by atoms with van der Waals surface area (Å²) in [5.41, 5.74) is 4.23. The molecule has 0 fully saturated rings. The van der Waals surface area contributed by atoms with Crippen molar-refractivity contribution in [1.82, 2.24) is 0 Å². The fourth-order valence-corrected chi connectivity index (χ4v) is 3.95. The van der Waals surface area contributed by atoms with Crippen molar-refractivity contribution in [3.05, 3.63) is 94.2 Å². The standard InChI is InChI=1S/C16H22.C12H11/c1-3-4-7-13(2)15-11-10-14-8-5-6-9-16(14)12-15;1-2-10-7-8-11-5-3-4-6-12(11)9-10/h5-6,8-11,13,15H,3-4,7,12H2,1-2H3;2-9H,1H3/q;+1/b;10-2+. The van der Waals surface area contributed by atoms with E-state index in [1.807, 2.05) is 0 Å². The van der Waals surface area contributed by atoms with Gasteiger partial charge in [0.1, 0.15) is 0 Å². The highest BCUT2D eigenvalue weighted by Crippen LogP contribution is 2.29.